The van der Waals surface area contributed by atoms with E-state index in [1.165, 1.54) is 0 Å². The van der Waals surface area contributed by atoms with Crippen LogP contribution >= 0.6 is 11.8 Å². The van der Waals surface area contributed by atoms with Crippen molar-refractivity contribution in [1.82, 2.24) is 15.2 Å². The van der Waals surface area contributed by atoms with Gasteiger partial charge >= 0.3 is 0 Å². The number of unbranched alkanes of at least 4 members (excludes halogenated alkanes) is 1. The summed E-state index contributed by atoms with van der Waals surface area (Å²) in [5, 5.41) is 18.7. The number of anilines is 1. The number of thioether (sulfide) groups is 1. The molecule has 0 aliphatic carbocycles. The molecule has 4 rings (SSSR count). The van der Waals surface area contributed by atoms with E-state index in [-0.39, 0.29) is 5.91 Å². The number of amides is 1. The Labute approximate surface area is 204 Å². The SMILES string of the molecule is CCCCSc1nnc2c(n1)O[C@H](c1ccc(C#N)cc1)N(C(=O)CC)c1c(C)cc(C)cc1-2. The first kappa shape index (κ1) is 23.7. The van der Waals surface area contributed by atoms with Crippen LogP contribution in [0, 0.1) is 25.2 Å². The smallest absolute Gasteiger partial charge is 0.247 e. The first-order chi connectivity index (χ1) is 16.5. The summed E-state index contributed by atoms with van der Waals surface area (Å²) in [6.07, 6.45) is 1.69. The number of aryl methyl sites for hydroxylation is 2. The normalized spacial score (nSPS) is 14.4. The molecule has 0 saturated carbocycles. The lowest BCUT2D eigenvalue weighted by Crippen LogP contribution is -2.37. The lowest BCUT2D eigenvalue weighted by Gasteiger charge is -2.32. The Bertz CT molecular complexity index is 1250. The molecule has 2 aromatic carbocycles. The predicted octanol–water partition coefficient (Wildman–Crippen LogP) is 5.75. The maximum absolute atomic E-state index is 13.4. The van der Waals surface area contributed by atoms with E-state index < -0.39 is 6.23 Å². The fourth-order valence-corrected chi connectivity index (χ4v) is 4.88. The van der Waals surface area contributed by atoms with E-state index >= 15 is 0 Å². The monoisotopic (exact) mass is 473 g/mol. The number of nitrogens with zero attached hydrogens (tertiary/aromatic N) is 5. The Morgan fingerprint density at radius 1 is 1.18 bits per heavy atom. The molecule has 1 aliphatic rings. The Balaban J connectivity index is 1.93. The standard InChI is InChI=1S/C26H27N5O2S/c1-5-7-12-34-26-28-24-22(29-30-26)20-14-16(3)13-17(4)23(20)31(21(32)6-2)25(33-24)19-10-8-18(15-27)9-11-19/h8-11,13-14,25H,5-7,12H2,1-4H3/t25-/m1/s1. The van der Waals surface area contributed by atoms with E-state index in [1.54, 1.807) is 28.8 Å². The van der Waals surface area contributed by atoms with Gasteiger partial charge in [-0.3, -0.25) is 9.69 Å². The van der Waals surface area contributed by atoms with Gasteiger partial charge in [0.2, 0.25) is 23.2 Å². The molecular formula is C26H27N5O2S. The van der Waals surface area contributed by atoms with Crippen LogP contribution in [0.4, 0.5) is 5.69 Å². The minimum absolute atomic E-state index is 0.0825. The highest BCUT2D eigenvalue weighted by Gasteiger charge is 2.36. The Morgan fingerprint density at radius 2 is 1.94 bits per heavy atom. The van der Waals surface area contributed by atoms with Crippen molar-refractivity contribution in [2.24, 2.45) is 0 Å². The maximum atomic E-state index is 13.4. The molecule has 3 aromatic rings. The summed E-state index contributed by atoms with van der Waals surface area (Å²) in [7, 11) is 0. The average Bonchev–Trinajstić information content (AvgIpc) is 2.98. The minimum atomic E-state index is -0.758. The third kappa shape index (κ3) is 4.62. The topological polar surface area (TPSA) is 92.0 Å². The van der Waals surface area contributed by atoms with Gasteiger partial charge in [0.1, 0.15) is 0 Å². The molecule has 1 aliphatic heterocycles. The summed E-state index contributed by atoms with van der Waals surface area (Å²) in [4.78, 5) is 19.8. The van der Waals surface area contributed by atoms with Gasteiger partial charge in [-0.1, -0.05) is 55.8 Å². The highest BCUT2D eigenvalue weighted by molar-refractivity contribution is 7.99. The summed E-state index contributed by atoms with van der Waals surface area (Å²) in [6.45, 7) is 7.97. The number of carbonyl (C=O) groups is 1. The van der Waals surface area contributed by atoms with Crippen molar-refractivity contribution in [3.8, 4) is 23.2 Å². The van der Waals surface area contributed by atoms with Crippen molar-refractivity contribution in [3.63, 3.8) is 0 Å². The van der Waals surface area contributed by atoms with Crippen molar-refractivity contribution in [2.75, 3.05) is 10.7 Å². The molecule has 0 radical (unpaired) electrons. The molecule has 174 valence electrons. The molecule has 34 heavy (non-hydrogen) atoms. The van der Waals surface area contributed by atoms with Crippen molar-refractivity contribution in [1.29, 1.82) is 5.26 Å². The zero-order valence-corrected chi connectivity index (χ0v) is 20.6. The second-order valence-electron chi connectivity index (χ2n) is 8.25. The van der Waals surface area contributed by atoms with Crippen LogP contribution in [-0.2, 0) is 4.79 Å². The second kappa shape index (κ2) is 10.2. The third-order valence-corrected chi connectivity index (χ3v) is 6.58. The van der Waals surface area contributed by atoms with E-state index in [0.29, 0.717) is 28.7 Å². The van der Waals surface area contributed by atoms with Gasteiger partial charge in [-0.15, -0.1) is 10.2 Å². The lowest BCUT2D eigenvalue weighted by atomic mass is 9.99. The molecule has 0 spiro atoms. The quantitative estimate of drug-likeness (QED) is 0.332. The van der Waals surface area contributed by atoms with E-state index in [2.05, 4.69) is 23.2 Å². The molecular weight excluding hydrogens is 446 g/mol. The molecule has 0 unspecified atom stereocenters. The van der Waals surface area contributed by atoms with E-state index in [4.69, 9.17) is 9.72 Å². The van der Waals surface area contributed by atoms with Gasteiger partial charge < -0.3 is 4.74 Å². The van der Waals surface area contributed by atoms with E-state index in [9.17, 15) is 10.1 Å². The first-order valence-corrected chi connectivity index (χ1v) is 12.4. The summed E-state index contributed by atoms with van der Waals surface area (Å²) >= 11 is 1.54. The molecule has 0 fully saturated rings. The number of hydrogen-bond donors (Lipinski definition) is 0. The van der Waals surface area contributed by atoms with Gasteiger partial charge in [0, 0.05) is 23.3 Å². The first-order valence-electron chi connectivity index (χ1n) is 11.4. The van der Waals surface area contributed by atoms with Crippen LogP contribution in [0.25, 0.3) is 11.3 Å². The minimum Gasteiger partial charge on any atom is -0.447 e. The van der Waals surface area contributed by atoms with Gasteiger partial charge in [0.05, 0.1) is 17.3 Å². The lowest BCUT2D eigenvalue weighted by molar-refractivity contribution is -0.120. The van der Waals surface area contributed by atoms with Crippen LogP contribution in [0.1, 0.15) is 61.6 Å². The summed E-state index contributed by atoms with van der Waals surface area (Å²) in [5.41, 5.74) is 5.31. The Morgan fingerprint density at radius 3 is 2.62 bits per heavy atom. The zero-order chi connectivity index (χ0) is 24.2. The molecule has 7 nitrogen and oxygen atoms in total. The van der Waals surface area contributed by atoms with Crippen LogP contribution in [0.15, 0.2) is 41.6 Å². The zero-order valence-electron chi connectivity index (χ0n) is 19.8. The van der Waals surface area contributed by atoms with Crippen LogP contribution < -0.4 is 9.64 Å². The number of aromatic nitrogens is 3. The molecule has 1 atom stereocenters. The molecule has 8 heteroatoms. The number of carbonyl (C=O) groups excluding carboxylic acids is 1. The van der Waals surface area contributed by atoms with E-state index in [1.807, 2.05) is 45.0 Å². The highest BCUT2D eigenvalue weighted by Crippen LogP contribution is 2.45. The summed E-state index contributed by atoms with van der Waals surface area (Å²) in [5.74, 6) is 1.16. The van der Waals surface area contributed by atoms with Crippen molar-refractivity contribution in [3.05, 3.63) is 58.7 Å². The molecule has 0 saturated heterocycles. The van der Waals surface area contributed by atoms with Crippen molar-refractivity contribution < 1.29 is 9.53 Å². The fourth-order valence-electron chi connectivity index (χ4n) is 4.02. The van der Waals surface area contributed by atoms with Crippen molar-refractivity contribution >= 4 is 23.4 Å². The number of rotatable bonds is 6. The van der Waals surface area contributed by atoms with Gasteiger partial charge in [-0.2, -0.15) is 10.2 Å². The Hall–Kier alpha value is -3.44. The number of fused-ring (bicyclic) bond motifs is 3. The maximum Gasteiger partial charge on any atom is 0.247 e. The molecule has 1 amide bonds. The van der Waals surface area contributed by atoms with Crippen molar-refractivity contribution in [2.45, 2.75) is 58.3 Å². The second-order valence-corrected chi connectivity index (χ2v) is 9.31. The van der Waals surface area contributed by atoms with Crippen LogP contribution in [-0.4, -0.2) is 26.8 Å². The molecule has 2 heterocycles. The van der Waals surface area contributed by atoms with Crippen LogP contribution in [0.5, 0.6) is 5.88 Å². The largest absolute Gasteiger partial charge is 0.447 e. The summed E-state index contributed by atoms with van der Waals surface area (Å²) in [6, 6.07) is 13.3. The van der Waals surface area contributed by atoms with Crippen LogP contribution in [0.2, 0.25) is 0 Å². The number of hydrogen-bond acceptors (Lipinski definition) is 7. The predicted molar refractivity (Wildman–Crippen MR) is 133 cm³/mol. The Kier molecular flexibility index (Phi) is 7.13. The number of nitriles is 1. The van der Waals surface area contributed by atoms with E-state index in [0.717, 1.165) is 46.5 Å². The summed E-state index contributed by atoms with van der Waals surface area (Å²) < 4.78 is 6.47. The van der Waals surface area contributed by atoms with Gasteiger partial charge in [-0.25, -0.2) is 0 Å². The molecule has 0 N–H and O–H groups in total. The highest BCUT2D eigenvalue weighted by atomic mass is 32.2. The molecule has 0 bridgehead atoms. The number of ether oxygens (including phenoxy) is 1. The fraction of sp³-hybridized carbons (Fsp3) is 0.346. The average molecular weight is 474 g/mol. The van der Waals surface area contributed by atoms with Gasteiger partial charge in [0.25, 0.3) is 0 Å². The molecule has 1 aromatic heterocycles. The van der Waals surface area contributed by atoms with Gasteiger partial charge in [0.15, 0.2) is 5.69 Å². The number of benzene rings is 2. The van der Waals surface area contributed by atoms with Gasteiger partial charge in [-0.05, 0) is 44.0 Å². The van der Waals surface area contributed by atoms with Crippen LogP contribution in [0.3, 0.4) is 0 Å². The third-order valence-electron chi connectivity index (χ3n) is 5.66.